The number of phenolic OH excluding ortho intramolecular Hbond substituents is 1. The number of aromatic hydroxyl groups is 1. The molecule has 0 saturated carbocycles. The van der Waals surface area contributed by atoms with Gasteiger partial charge < -0.3 is 14.9 Å². The van der Waals surface area contributed by atoms with Crippen LogP contribution < -0.4 is 4.74 Å². The van der Waals surface area contributed by atoms with Gasteiger partial charge in [-0.2, -0.15) is 5.26 Å². The quantitative estimate of drug-likeness (QED) is 0.446. The maximum absolute atomic E-state index is 10.9. The Hall–Kier alpha value is -2.53. The molecule has 0 radical (unpaired) electrons. The summed E-state index contributed by atoms with van der Waals surface area (Å²) in [6.45, 7) is 0. The standard InChI is InChI=1S/C17H12INO4/c1-23-15-8-10(7-14(18)16(15)20)6-13(9-19)11-2-4-12(5-3-11)17(21)22/h2-8,20H,1H3,(H,21,22)/b13-6-. The highest BCUT2D eigenvalue weighted by atomic mass is 127. The van der Waals surface area contributed by atoms with Crippen molar-refractivity contribution >= 4 is 40.2 Å². The normalized spacial score (nSPS) is 10.9. The molecule has 2 rings (SSSR count). The van der Waals surface area contributed by atoms with Gasteiger partial charge in [0.25, 0.3) is 0 Å². The van der Waals surface area contributed by atoms with E-state index in [-0.39, 0.29) is 11.3 Å². The number of rotatable bonds is 4. The average Bonchev–Trinajstić information content (AvgIpc) is 2.55. The van der Waals surface area contributed by atoms with E-state index in [1.165, 1.54) is 19.2 Å². The largest absolute Gasteiger partial charge is 0.504 e. The highest BCUT2D eigenvalue weighted by molar-refractivity contribution is 14.1. The third-order valence-corrected chi connectivity index (χ3v) is 3.97. The Morgan fingerprint density at radius 2 is 1.87 bits per heavy atom. The Morgan fingerprint density at radius 3 is 2.39 bits per heavy atom. The molecule has 0 saturated heterocycles. The number of ether oxygens (including phenoxy) is 1. The van der Waals surface area contributed by atoms with Crippen molar-refractivity contribution in [3.8, 4) is 17.6 Å². The molecular formula is C17H12INO4. The minimum Gasteiger partial charge on any atom is -0.504 e. The lowest BCUT2D eigenvalue weighted by molar-refractivity contribution is 0.0697. The lowest BCUT2D eigenvalue weighted by Crippen LogP contribution is -1.95. The van der Waals surface area contributed by atoms with E-state index in [1.807, 2.05) is 22.6 Å². The molecule has 0 amide bonds. The molecule has 0 heterocycles. The Morgan fingerprint density at radius 1 is 1.26 bits per heavy atom. The number of hydrogen-bond acceptors (Lipinski definition) is 4. The second-order valence-corrected chi connectivity index (χ2v) is 5.77. The molecule has 116 valence electrons. The van der Waals surface area contributed by atoms with Gasteiger partial charge in [0.05, 0.1) is 27.9 Å². The number of phenols is 1. The van der Waals surface area contributed by atoms with Crippen molar-refractivity contribution in [3.63, 3.8) is 0 Å². The summed E-state index contributed by atoms with van der Waals surface area (Å²) in [6.07, 6.45) is 1.65. The highest BCUT2D eigenvalue weighted by Crippen LogP contribution is 2.33. The molecule has 0 fully saturated rings. The van der Waals surface area contributed by atoms with Crippen LogP contribution >= 0.6 is 22.6 Å². The fraction of sp³-hybridized carbons (Fsp3) is 0.0588. The zero-order valence-corrected chi connectivity index (χ0v) is 14.2. The fourth-order valence-electron chi connectivity index (χ4n) is 1.97. The molecule has 2 N–H and O–H groups in total. The highest BCUT2D eigenvalue weighted by Gasteiger charge is 2.09. The second kappa shape index (κ2) is 7.15. The monoisotopic (exact) mass is 421 g/mol. The predicted molar refractivity (Wildman–Crippen MR) is 94.3 cm³/mol. The number of halogens is 1. The number of allylic oxidation sites excluding steroid dienone is 1. The van der Waals surface area contributed by atoms with Crippen LogP contribution in [0.1, 0.15) is 21.5 Å². The van der Waals surface area contributed by atoms with Crippen molar-refractivity contribution in [1.29, 1.82) is 5.26 Å². The van der Waals surface area contributed by atoms with Crippen molar-refractivity contribution in [1.82, 2.24) is 0 Å². The third-order valence-electron chi connectivity index (χ3n) is 3.14. The maximum Gasteiger partial charge on any atom is 0.335 e. The lowest BCUT2D eigenvalue weighted by atomic mass is 10.0. The van der Waals surface area contributed by atoms with E-state index in [1.54, 1.807) is 30.3 Å². The Labute approximate surface area is 146 Å². The summed E-state index contributed by atoms with van der Waals surface area (Å²) < 4.78 is 5.70. The summed E-state index contributed by atoms with van der Waals surface area (Å²) >= 11 is 1.98. The van der Waals surface area contributed by atoms with Crippen molar-refractivity contribution in [2.45, 2.75) is 0 Å². The van der Waals surface area contributed by atoms with Gasteiger partial charge in [-0.05, 0) is 64.1 Å². The van der Waals surface area contributed by atoms with Gasteiger partial charge in [-0.25, -0.2) is 4.79 Å². The number of aromatic carboxylic acids is 1. The minimum absolute atomic E-state index is 0.0505. The molecule has 5 nitrogen and oxygen atoms in total. The maximum atomic E-state index is 10.9. The molecule has 2 aromatic rings. The van der Waals surface area contributed by atoms with E-state index in [0.717, 1.165) is 0 Å². The first-order valence-electron chi connectivity index (χ1n) is 6.48. The molecular weight excluding hydrogens is 409 g/mol. The molecule has 0 aliphatic carbocycles. The van der Waals surface area contributed by atoms with Crippen molar-refractivity contribution in [2.24, 2.45) is 0 Å². The van der Waals surface area contributed by atoms with Gasteiger partial charge in [0, 0.05) is 0 Å². The Balaban J connectivity index is 2.45. The smallest absolute Gasteiger partial charge is 0.335 e. The van der Waals surface area contributed by atoms with Crippen LogP contribution in [0.3, 0.4) is 0 Å². The molecule has 0 unspecified atom stereocenters. The van der Waals surface area contributed by atoms with Gasteiger partial charge >= 0.3 is 5.97 Å². The van der Waals surface area contributed by atoms with Crippen LogP contribution in [0, 0.1) is 14.9 Å². The van der Waals surface area contributed by atoms with E-state index in [4.69, 9.17) is 9.84 Å². The van der Waals surface area contributed by atoms with Gasteiger partial charge in [0.1, 0.15) is 0 Å². The lowest BCUT2D eigenvalue weighted by Gasteiger charge is -2.07. The summed E-state index contributed by atoms with van der Waals surface area (Å²) in [7, 11) is 1.45. The SMILES string of the molecule is COc1cc(/C=C(/C#N)c2ccc(C(=O)O)cc2)cc(I)c1O. The molecule has 0 aromatic heterocycles. The zero-order valence-electron chi connectivity index (χ0n) is 12.1. The van der Waals surface area contributed by atoms with E-state index in [9.17, 15) is 15.2 Å². The number of carbonyl (C=O) groups is 1. The first-order valence-corrected chi connectivity index (χ1v) is 7.56. The molecule has 0 atom stereocenters. The van der Waals surface area contributed by atoms with Gasteiger partial charge in [0.2, 0.25) is 0 Å². The molecule has 0 bridgehead atoms. The summed E-state index contributed by atoms with van der Waals surface area (Å²) in [5.74, 6) is -0.645. The number of nitriles is 1. The average molecular weight is 421 g/mol. The van der Waals surface area contributed by atoms with Gasteiger partial charge in [-0.1, -0.05) is 12.1 Å². The van der Waals surface area contributed by atoms with Crippen LogP contribution in [-0.2, 0) is 0 Å². The number of nitrogens with zero attached hydrogens (tertiary/aromatic N) is 1. The van der Waals surface area contributed by atoms with E-state index >= 15 is 0 Å². The van der Waals surface area contributed by atoms with E-state index in [2.05, 4.69) is 6.07 Å². The zero-order chi connectivity index (χ0) is 17.0. The van der Waals surface area contributed by atoms with Crippen molar-refractivity contribution in [3.05, 3.63) is 56.7 Å². The first kappa shape index (κ1) is 16.8. The Bertz CT molecular complexity index is 820. The predicted octanol–water partition coefficient (Wildman–Crippen LogP) is 3.77. The first-order chi connectivity index (χ1) is 11.0. The van der Waals surface area contributed by atoms with Gasteiger partial charge in [0.15, 0.2) is 11.5 Å². The number of carboxylic acids is 1. The minimum atomic E-state index is -1.02. The summed E-state index contributed by atoms with van der Waals surface area (Å²) in [6, 6.07) is 11.5. The van der Waals surface area contributed by atoms with Crippen LogP contribution in [0.2, 0.25) is 0 Å². The van der Waals surface area contributed by atoms with E-state index < -0.39 is 5.97 Å². The van der Waals surface area contributed by atoms with Crippen LogP contribution in [0.4, 0.5) is 0 Å². The third kappa shape index (κ3) is 3.81. The number of benzene rings is 2. The molecule has 23 heavy (non-hydrogen) atoms. The summed E-state index contributed by atoms with van der Waals surface area (Å²) in [4.78, 5) is 10.9. The van der Waals surface area contributed by atoms with Crippen LogP contribution in [-0.4, -0.2) is 23.3 Å². The molecule has 6 heteroatoms. The molecule has 2 aromatic carbocycles. The van der Waals surface area contributed by atoms with E-state index in [0.29, 0.717) is 26.0 Å². The van der Waals surface area contributed by atoms with Crippen LogP contribution in [0.15, 0.2) is 36.4 Å². The van der Waals surface area contributed by atoms with Crippen molar-refractivity contribution < 1.29 is 19.7 Å². The van der Waals surface area contributed by atoms with Gasteiger partial charge in [-0.15, -0.1) is 0 Å². The number of methoxy groups -OCH3 is 1. The number of carboxylic acid groups (broad SMARTS) is 1. The molecule has 0 aliphatic rings. The summed E-state index contributed by atoms with van der Waals surface area (Å²) in [5, 5.41) is 28.1. The Kier molecular flexibility index (Phi) is 5.24. The van der Waals surface area contributed by atoms with Crippen LogP contribution in [0.25, 0.3) is 11.6 Å². The molecule has 0 aliphatic heterocycles. The topological polar surface area (TPSA) is 90.5 Å². The van der Waals surface area contributed by atoms with Crippen molar-refractivity contribution in [2.75, 3.05) is 7.11 Å². The van der Waals surface area contributed by atoms with Crippen LogP contribution in [0.5, 0.6) is 11.5 Å². The second-order valence-electron chi connectivity index (χ2n) is 4.61. The number of hydrogen-bond donors (Lipinski definition) is 2. The fourth-order valence-corrected chi connectivity index (χ4v) is 2.60. The summed E-state index contributed by atoms with van der Waals surface area (Å²) in [5.41, 5.74) is 1.85. The molecule has 0 spiro atoms. The van der Waals surface area contributed by atoms with Gasteiger partial charge in [-0.3, -0.25) is 0 Å².